The lowest BCUT2D eigenvalue weighted by Gasteiger charge is -2.09. The zero-order valence-electron chi connectivity index (χ0n) is 10.6. The van der Waals surface area contributed by atoms with E-state index in [0.717, 1.165) is 18.7 Å². The van der Waals surface area contributed by atoms with Crippen molar-refractivity contribution in [3.05, 3.63) is 39.6 Å². The average molecular weight is 249 g/mol. The van der Waals surface area contributed by atoms with Gasteiger partial charge in [-0.1, -0.05) is 0 Å². The first kappa shape index (κ1) is 12.3. The van der Waals surface area contributed by atoms with Crippen LogP contribution in [0.25, 0.3) is 0 Å². The maximum absolute atomic E-state index is 5.85. The molecule has 92 valence electrons. The van der Waals surface area contributed by atoms with Crippen LogP contribution in [0.3, 0.4) is 0 Å². The Morgan fingerprint density at radius 3 is 2.82 bits per heavy atom. The SMILES string of the molecule is Cc1nc(Cn2cccc2CC(C)N)sc1C. The lowest BCUT2D eigenvalue weighted by atomic mass is 10.2. The summed E-state index contributed by atoms with van der Waals surface area (Å²) >= 11 is 1.78. The van der Waals surface area contributed by atoms with Gasteiger partial charge in [-0.3, -0.25) is 0 Å². The first-order valence-corrected chi connectivity index (χ1v) is 6.70. The van der Waals surface area contributed by atoms with Crippen molar-refractivity contribution in [2.24, 2.45) is 5.73 Å². The Morgan fingerprint density at radius 2 is 2.24 bits per heavy atom. The summed E-state index contributed by atoms with van der Waals surface area (Å²) in [5, 5.41) is 1.17. The molecule has 0 bridgehead atoms. The Bertz CT molecular complexity index is 477. The predicted molar refractivity (Wildman–Crippen MR) is 72.5 cm³/mol. The van der Waals surface area contributed by atoms with Crippen molar-refractivity contribution in [2.75, 3.05) is 0 Å². The minimum absolute atomic E-state index is 0.198. The lowest BCUT2D eigenvalue weighted by Crippen LogP contribution is -2.20. The number of rotatable bonds is 4. The van der Waals surface area contributed by atoms with Crippen LogP contribution in [-0.2, 0) is 13.0 Å². The molecule has 0 radical (unpaired) electrons. The Kier molecular flexibility index (Phi) is 3.64. The Hall–Kier alpha value is -1.13. The third-order valence-corrected chi connectivity index (χ3v) is 3.89. The molecule has 2 N–H and O–H groups in total. The van der Waals surface area contributed by atoms with Crippen molar-refractivity contribution in [3.63, 3.8) is 0 Å². The minimum atomic E-state index is 0.198. The van der Waals surface area contributed by atoms with Crippen LogP contribution in [0.1, 0.15) is 28.2 Å². The zero-order valence-corrected chi connectivity index (χ0v) is 11.4. The molecule has 0 spiro atoms. The highest BCUT2D eigenvalue weighted by Crippen LogP contribution is 2.18. The highest BCUT2D eigenvalue weighted by Gasteiger charge is 2.08. The Balaban J connectivity index is 2.15. The molecule has 0 fully saturated rings. The summed E-state index contributed by atoms with van der Waals surface area (Å²) in [7, 11) is 0. The second kappa shape index (κ2) is 5.02. The van der Waals surface area contributed by atoms with Crippen molar-refractivity contribution in [1.82, 2.24) is 9.55 Å². The van der Waals surface area contributed by atoms with Gasteiger partial charge in [0.1, 0.15) is 5.01 Å². The molecule has 3 nitrogen and oxygen atoms in total. The maximum atomic E-state index is 5.85. The van der Waals surface area contributed by atoms with E-state index in [-0.39, 0.29) is 6.04 Å². The quantitative estimate of drug-likeness (QED) is 0.904. The lowest BCUT2D eigenvalue weighted by molar-refractivity contribution is 0.664. The number of hydrogen-bond donors (Lipinski definition) is 1. The largest absolute Gasteiger partial charge is 0.345 e. The molecule has 0 aliphatic heterocycles. The molecule has 0 aliphatic carbocycles. The van der Waals surface area contributed by atoms with Crippen LogP contribution >= 0.6 is 11.3 Å². The first-order chi connectivity index (χ1) is 8.06. The summed E-state index contributed by atoms with van der Waals surface area (Å²) in [6.45, 7) is 7.08. The molecule has 2 aromatic rings. The van der Waals surface area contributed by atoms with Crippen molar-refractivity contribution in [3.8, 4) is 0 Å². The van der Waals surface area contributed by atoms with Crippen molar-refractivity contribution >= 4 is 11.3 Å². The Labute approximate surface area is 106 Å². The number of nitrogens with zero attached hydrogens (tertiary/aromatic N) is 2. The highest BCUT2D eigenvalue weighted by atomic mass is 32.1. The van der Waals surface area contributed by atoms with Crippen LogP contribution < -0.4 is 5.73 Å². The van der Waals surface area contributed by atoms with Gasteiger partial charge in [-0.15, -0.1) is 11.3 Å². The fourth-order valence-electron chi connectivity index (χ4n) is 1.87. The van der Waals surface area contributed by atoms with Gasteiger partial charge in [0.2, 0.25) is 0 Å². The highest BCUT2D eigenvalue weighted by molar-refractivity contribution is 7.11. The summed E-state index contributed by atoms with van der Waals surface area (Å²) in [5.74, 6) is 0. The fraction of sp³-hybridized carbons (Fsp3) is 0.462. The summed E-state index contributed by atoms with van der Waals surface area (Å²) in [4.78, 5) is 5.88. The third-order valence-electron chi connectivity index (χ3n) is 2.83. The number of thiazole rings is 1. The molecule has 2 heterocycles. The second-order valence-electron chi connectivity index (χ2n) is 4.56. The number of aromatic nitrogens is 2. The normalized spacial score (nSPS) is 12.9. The van der Waals surface area contributed by atoms with Gasteiger partial charge in [0.25, 0.3) is 0 Å². The minimum Gasteiger partial charge on any atom is -0.345 e. The van der Waals surface area contributed by atoms with Gasteiger partial charge < -0.3 is 10.3 Å². The van der Waals surface area contributed by atoms with Crippen LogP contribution in [0.15, 0.2) is 18.3 Å². The summed E-state index contributed by atoms with van der Waals surface area (Å²) in [6, 6.07) is 4.41. The third kappa shape index (κ3) is 2.96. The van der Waals surface area contributed by atoms with Gasteiger partial charge in [-0.2, -0.15) is 0 Å². The van der Waals surface area contributed by atoms with Crippen LogP contribution in [0.5, 0.6) is 0 Å². The smallest absolute Gasteiger partial charge is 0.113 e. The zero-order chi connectivity index (χ0) is 12.4. The fourth-order valence-corrected chi connectivity index (χ4v) is 2.80. The van der Waals surface area contributed by atoms with Crippen molar-refractivity contribution in [2.45, 2.75) is 39.8 Å². The number of nitrogens with two attached hydrogens (primary N) is 1. The standard InChI is InChI=1S/C13H19N3S/c1-9(14)7-12-5-4-6-16(12)8-13-15-10(2)11(3)17-13/h4-6,9H,7-8,14H2,1-3H3. The van der Waals surface area contributed by atoms with Gasteiger partial charge in [-0.25, -0.2) is 4.98 Å². The van der Waals surface area contributed by atoms with E-state index < -0.39 is 0 Å². The predicted octanol–water partition coefficient (Wildman–Crippen LogP) is 2.50. The van der Waals surface area contributed by atoms with E-state index in [4.69, 9.17) is 5.73 Å². The number of aryl methyl sites for hydroxylation is 2. The molecule has 0 saturated heterocycles. The molecular weight excluding hydrogens is 230 g/mol. The summed E-state index contributed by atoms with van der Waals surface area (Å²) in [6.07, 6.45) is 3.01. The van der Waals surface area contributed by atoms with Crippen LogP contribution in [-0.4, -0.2) is 15.6 Å². The van der Waals surface area contributed by atoms with E-state index in [1.54, 1.807) is 11.3 Å². The van der Waals surface area contributed by atoms with Crippen LogP contribution in [0.2, 0.25) is 0 Å². The molecule has 1 unspecified atom stereocenters. The molecule has 0 saturated carbocycles. The summed E-state index contributed by atoms with van der Waals surface area (Å²) < 4.78 is 2.24. The van der Waals surface area contributed by atoms with Gasteiger partial charge in [0, 0.05) is 29.2 Å². The molecule has 4 heteroatoms. The molecule has 2 rings (SSSR count). The molecular formula is C13H19N3S. The average Bonchev–Trinajstić information content (AvgIpc) is 2.76. The topological polar surface area (TPSA) is 43.8 Å². The Morgan fingerprint density at radius 1 is 1.47 bits per heavy atom. The first-order valence-electron chi connectivity index (χ1n) is 5.88. The van der Waals surface area contributed by atoms with E-state index in [1.165, 1.54) is 15.6 Å². The van der Waals surface area contributed by atoms with E-state index in [9.17, 15) is 0 Å². The second-order valence-corrected chi connectivity index (χ2v) is 5.85. The van der Waals surface area contributed by atoms with Crippen molar-refractivity contribution < 1.29 is 0 Å². The van der Waals surface area contributed by atoms with E-state index in [2.05, 4.69) is 41.7 Å². The molecule has 0 amide bonds. The van der Waals surface area contributed by atoms with E-state index in [0.29, 0.717) is 0 Å². The molecule has 2 aromatic heterocycles. The van der Waals surface area contributed by atoms with Crippen LogP contribution in [0.4, 0.5) is 0 Å². The maximum Gasteiger partial charge on any atom is 0.113 e. The van der Waals surface area contributed by atoms with Gasteiger partial charge in [-0.05, 0) is 32.9 Å². The van der Waals surface area contributed by atoms with Gasteiger partial charge >= 0.3 is 0 Å². The molecule has 0 aliphatic rings. The van der Waals surface area contributed by atoms with E-state index in [1.807, 2.05) is 6.92 Å². The monoisotopic (exact) mass is 249 g/mol. The summed E-state index contributed by atoms with van der Waals surface area (Å²) in [5.41, 5.74) is 8.27. The number of hydrogen-bond acceptors (Lipinski definition) is 3. The molecule has 17 heavy (non-hydrogen) atoms. The van der Waals surface area contributed by atoms with E-state index >= 15 is 0 Å². The van der Waals surface area contributed by atoms with Crippen molar-refractivity contribution in [1.29, 1.82) is 0 Å². The van der Waals surface area contributed by atoms with Gasteiger partial charge in [0.05, 0.1) is 12.2 Å². The molecule has 0 aromatic carbocycles. The van der Waals surface area contributed by atoms with Gasteiger partial charge in [0.15, 0.2) is 0 Å². The molecule has 1 atom stereocenters. The van der Waals surface area contributed by atoms with Crippen LogP contribution in [0, 0.1) is 13.8 Å².